The molecule has 0 spiro atoms. The van der Waals surface area contributed by atoms with Gasteiger partial charge in [-0.3, -0.25) is 4.79 Å². The van der Waals surface area contributed by atoms with E-state index in [1.54, 1.807) is 31.4 Å². The van der Waals surface area contributed by atoms with Gasteiger partial charge >= 0.3 is 6.03 Å². The molecule has 0 aromatic heterocycles. The minimum atomic E-state index is -0.315. The molecule has 0 heterocycles. The molecule has 19 heavy (non-hydrogen) atoms. The molecule has 6 nitrogen and oxygen atoms in total. The van der Waals surface area contributed by atoms with Crippen LogP contribution in [0.15, 0.2) is 24.3 Å². The number of urea groups is 1. The molecule has 0 bridgehead atoms. The van der Waals surface area contributed by atoms with Crippen molar-refractivity contribution in [3.8, 4) is 0 Å². The molecule has 0 aliphatic heterocycles. The van der Waals surface area contributed by atoms with Gasteiger partial charge in [0.25, 0.3) is 0 Å². The number of rotatable bonds is 5. The van der Waals surface area contributed by atoms with E-state index in [0.717, 1.165) is 0 Å². The Bertz CT molecular complexity index is 449. The predicted octanol–water partition coefficient (Wildman–Crippen LogP) is 1.80. The number of anilines is 2. The summed E-state index contributed by atoms with van der Waals surface area (Å²) in [7, 11) is 1.58. The first-order valence-electron chi connectivity index (χ1n) is 5.95. The molecule has 3 amide bonds. The zero-order chi connectivity index (χ0) is 14.3. The van der Waals surface area contributed by atoms with Gasteiger partial charge in [0.1, 0.15) is 0 Å². The zero-order valence-corrected chi connectivity index (χ0v) is 11.3. The van der Waals surface area contributed by atoms with Gasteiger partial charge in [-0.15, -0.1) is 0 Å². The first kappa shape index (κ1) is 15.0. The summed E-state index contributed by atoms with van der Waals surface area (Å²) in [6, 6.07) is 6.53. The van der Waals surface area contributed by atoms with E-state index in [2.05, 4.69) is 16.0 Å². The zero-order valence-electron chi connectivity index (χ0n) is 11.3. The maximum atomic E-state index is 11.7. The fourth-order valence-corrected chi connectivity index (χ4v) is 1.56. The summed E-state index contributed by atoms with van der Waals surface area (Å²) in [5.74, 6) is -0.157. The van der Waals surface area contributed by atoms with Crippen molar-refractivity contribution in [3.63, 3.8) is 0 Å². The van der Waals surface area contributed by atoms with Gasteiger partial charge in [0, 0.05) is 25.4 Å². The summed E-state index contributed by atoms with van der Waals surface area (Å²) in [4.78, 5) is 22.6. The number of hydrogen-bond donors (Lipinski definition) is 3. The molecular formula is C13H19N3O3. The molecule has 0 unspecified atom stereocenters. The summed E-state index contributed by atoms with van der Waals surface area (Å²) in [5.41, 5.74) is 1.24. The molecule has 3 N–H and O–H groups in total. The first-order chi connectivity index (χ1) is 9.01. The quantitative estimate of drug-likeness (QED) is 0.759. The Labute approximate surface area is 112 Å². The molecule has 0 saturated heterocycles. The fraction of sp³-hybridized carbons (Fsp3) is 0.385. The predicted molar refractivity (Wildman–Crippen MR) is 74.2 cm³/mol. The lowest BCUT2D eigenvalue weighted by Crippen LogP contribution is -2.38. The van der Waals surface area contributed by atoms with Crippen LogP contribution in [0.1, 0.15) is 13.8 Å². The topological polar surface area (TPSA) is 79.5 Å². The summed E-state index contributed by atoms with van der Waals surface area (Å²) >= 11 is 0. The lowest BCUT2D eigenvalue weighted by molar-refractivity contribution is -0.114. The van der Waals surface area contributed by atoms with Crippen molar-refractivity contribution >= 4 is 23.3 Å². The second-order valence-electron chi connectivity index (χ2n) is 4.22. The van der Waals surface area contributed by atoms with E-state index in [1.807, 2.05) is 6.92 Å². The van der Waals surface area contributed by atoms with E-state index < -0.39 is 0 Å². The van der Waals surface area contributed by atoms with Crippen molar-refractivity contribution in [2.45, 2.75) is 19.9 Å². The van der Waals surface area contributed by atoms with Gasteiger partial charge in [-0.2, -0.15) is 0 Å². The number of methoxy groups -OCH3 is 1. The van der Waals surface area contributed by atoms with Crippen molar-refractivity contribution in [3.05, 3.63) is 24.3 Å². The van der Waals surface area contributed by atoms with Crippen molar-refractivity contribution in [1.82, 2.24) is 5.32 Å². The molecule has 0 fully saturated rings. The van der Waals surface area contributed by atoms with Crippen molar-refractivity contribution < 1.29 is 14.3 Å². The van der Waals surface area contributed by atoms with Gasteiger partial charge in [-0.05, 0) is 25.1 Å². The average molecular weight is 265 g/mol. The van der Waals surface area contributed by atoms with E-state index in [4.69, 9.17) is 4.74 Å². The highest BCUT2D eigenvalue weighted by Gasteiger charge is 2.07. The Morgan fingerprint density at radius 1 is 1.26 bits per heavy atom. The van der Waals surface area contributed by atoms with E-state index in [0.29, 0.717) is 18.0 Å². The van der Waals surface area contributed by atoms with Crippen LogP contribution in [0.25, 0.3) is 0 Å². The van der Waals surface area contributed by atoms with Crippen LogP contribution in [0.3, 0.4) is 0 Å². The van der Waals surface area contributed by atoms with E-state index in [1.165, 1.54) is 6.92 Å². The highest BCUT2D eigenvalue weighted by molar-refractivity contribution is 5.92. The number of nitrogens with one attached hydrogen (secondary N) is 3. The van der Waals surface area contributed by atoms with Crippen LogP contribution >= 0.6 is 0 Å². The largest absolute Gasteiger partial charge is 0.383 e. The summed E-state index contributed by atoms with van der Waals surface area (Å²) in [6.07, 6.45) is 0. The van der Waals surface area contributed by atoms with Crippen LogP contribution in [0, 0.1) is 0 Å². The highest BCUT2D eigenvalue weighted by Crippen LogP contribution is 2.14. The minimum Gasteiger partial charge on any atom is -0.383 e. The SMILES string of the molecule is COC[C@H](C)NC(=O)Nc1cccc(NC(C)=O)c1. The van der Waals surface area contributed by atoms with Crippen molar-refractivity contribution in [2.24, 2.45) is 0 Å². The van der Waals surface area contributed by atoms with Crippen molar-refractivity contribution in [2.75, 3.05) is 24.4 Å². The van der Waals surface area contributed by atoms with E-state index >= 15 is 0 Å². The standard InChI is InChI=1S/C13H19N3O3/c1-9(8-19-3)14-13(18)16-12-6-4-5-11(7-12)15-10(2)17/h4-7,9H,8H2,1-3H3,(H,15,17)(H2,14,16,18)/t9-/m0/s1. The van der Waals surface area contributed by atoms with Gasteiger partial charge in [-0.25, -0.2) is 4.79 Å². The smallest absolute Gasteiger partial charge is 0.319 e. The molecule has 1 rings (SSSR count). The van der Waals surface area contributed by atoms with Crippen LogP contribution in [-0.2, 0) is 9.53 Å². The Hall–Kier alpha value is -2.08. The molecule has 0 radical (unpaired) electrons. The average Bonchev–Trinajstić information content (AvgIpc) is 2.28. The molecular weight excluding hydrogens is 246 g/mol. The molecule has 0 aliphatic rings. The van der Waals surface area contributed by atoms with Gasteiger partial charge < -0.3 is 20.7 Å². The lowest BCUT2D eigenvalue weighted by Gasteiger charge is -2.14. The third-order valence-corrected chi connectivity index (χ3v) is 2.23. The van der Waals surface area contributed by atoms with Gasteiger partial charge in [0.05, 0.1) is 12.6 Å². The molecule has 104 valence electrons. The normalized spacial score (nSPS) is 11.5. The number of benzene rings is 1. The number of amides is 3. The number of ether oxygens (including phenoxy) is 1. The highest BCUT2D eigenvalue weighted by atomic mass is 16.5. The van der Waals surface area contributed by atoms with Crippen LogP contribution in [0.4, 0.5) is 16.2 Å². The summed E-state index contributed by atoms with van der Waals surface area (Å²) < 4.78 is 4.93. The van der Waals surface area contributed by atoms with Gasteiger partial charge in [-0.1, -0.05) is 6.07 Å². The van der Waals surface area contributed by atoms with E-state index in [9.17, 15) is 9.59 Å². The Balaban J connectivity index is 2.56. The lowest BCUT2D eigenvalue weighted by atomic mass is 10.2. The second kappa shape index (κ2) is 7.38. The third kappa shape index (κ3) is 5.87. The Kier molecular flexibility index (Phi) is 5.81. The van der Waals surface area contributed by atoms with Crippen LogP contribution in [0.5, 0.6) is 0 Å². The van der Waals surface area contributed by atoms with Gasteiger partial charge in [0.15, 0.2) is 0 Å². The molecule has 0 saturated carbocycles. The molecule has 0 aliphatic carbocycles. The summed E-state index contributed by atoms with van der Waals surface area (Å²) in [6.45, 7) is 3.72. The van der Waals surface area contributed by atoms with E-state index in [-0.39, 0.29) is 18.0 Å². The Morgan fingerprint density at radius 2 is 1.89 bits per heavy atom. The van der Waals surface area contributed by atoms with Crippen LogP contribution < -0.4 is 16.0 Å². The third-order valence-electron chi connectivity index (χ3n) is 2.23. The number of carbonyl (C=O) groups is 2. The molecule has 1 atom stereocenters. The number of carbonyl (C=O) groups excluding carboxylic acids is 2. The number of hydrogen-bond acceptors (Lipinski definition) is 3. The van der Waals surface area contributed by atoms with Crippen molar-refractivity contribution in [1.29, 1.82) is 0 Å². The summed E-state index contributed by atoms with van der Waals surface area (Å²) in [5, 5.41) is 8.06. The van der Waals surface area contributed by atoms with Crippen LogP contribution in [0.2, 0.25) is 0 Å². The fourth-order valence-electron chi connectivity index (χ4n) is 1.56. The minimum absolute atomic E-state index is 0.0801. The van der Waals surface area contributed by atoms with Gasteiger partial charge in [0.2, 0.25) is 5.91 Å². The van der Waals surface area contributed by atoms with Crippen LogP contribution in [-0.4, -0.2) is 31.7 Å². The molecule has 1 aromatic carbocycles. The second-order valence-corrected chi connectivity index (χ2v) is 4.22. The molecule has 1 aromatic rings. The maximum Gasteiger partial charge on any atom is 0.319 e. The Morgan fingerprint density at radius 3 is 2.47 bits per heavy atom. The monoisotopic (exact) mass is 265 g/mol. The first-order valence-corrected chi connectivity index (χ1v) is 5.95. The molecule has 6 heteroatoms. The maximum absolute atomic E-state index is 11.7.